The van der Waals surface area contributed by atoms with Crippen LogP contribution in [0.4, 0.5) is 0 Å². The summed E-state index contributed by atoms with van der Waals surface area (Å²) < 4.78 is 0. The summed E-state index contributed by atoms with van der Waals surface area (Å²) in [6.45, 7) is 0. The molecule has 0 spiro atoms. The maximum absolute atomic E-state index is 9.88. The fourth-order valence-corrected chi connectivity index (χ4v) is 6.59. The Kier molecular flexibility index (Phi) is 4.96. The SMILES string of the molecule is N#Cc1cccc2c(-c3cc(-c4ccccc4)c4c(c3-c3ccccc3)-c3cccc5cccc-4c35)cccc12. The van der Waals surface area contributed by atoms with Crippen molar-refractivity contribution in [3.63, 3.8) is 0 Å². The van der Waals surface area contributed by atoms with Crippen LogP contribution in [-0.4, -0.2) is 0 Å². The molecule has 0 saturated heterocycles. The summed E-state index contributed by atoms with van der Waals surface area (Å²) in [4.78, 5) is 0. The highest BCUT2D eigenvalue weighted by Gasteiger charge is 2.30. The largest absolute Gasteiger partial charge is 0.192 e. The van der Waals surface area contributed by atoms with Crippen molar-refractivity contribution in [1.29, 1.82) is 5.26 Å². The summed E-state index contributed by atoms with van der Waals surface area (Å²) in [6, 6.07) is 52.0. The third-order valence-corrected chi connectivity index (χ3v) is 8.25. The molecule has 1 heteroatoms. The summed E-state index contributed by atoms with van der Waals surface area (Å²) >= 11 is 0. The van der Waals surface area contributed by atoms with Crippen LogP contribution in [0, 0.1) is 11.3 Å². The van der Waals surface area contributed by atoms with Gasteiger partial charge in [-0.25, -0.2) is 0 Å². The summed E-state index contributed by atoms with van der Waals surface area (Å²) in [5, 5.41) is 14.5. The molecule has 0 saturated carbocycles. The fraction of sp³-hybridized carbons (Fsp3) is 0. The second-order valence-corrected chi connectivity index (χ2v) is 10.4. The Morgan fingerprint density at radius 2 is 1.00 bits per heavy atom. The van der Waals surface area contributed by atoms with Gasteiger partial charge in [0.25, 0.3) is 0 Å². The molecule has 0 aliphatic heterocycles. The number of fused-ring (bicyclic) bond motifs is 4. The number of benzene rings is 7. The van der Waals surface area contributed by atoms with Crippen LogP contribution < -0.4 is 0 Å². The van der Waals surface area contributed by atoms with Crippen LogP contribution in [0.3, 0.4) is 0 Å². The van der Waals surface area contributed by atoms with Gasteiger partial charge >= 0.3 is 0 Å². The zero-order chi connectivity index (χ0) is 26.6. The standard InChI is InChI=1S/C39H23N/c40-24-28-17-9-19-30-29(28)18-10-20-31(30)35-23-34(25-11-3-1-4-12-25)38-32-21-7-15-26-16-8-22-33(36(26)32)39(38)37(35)27-13-5-2-6-14-27/h1-23H. The lowest BCUT2D eigenvalue weighted by molar-refractivity contribution is 1.50. The quantitative estimate of drug-likeness (QED) is 0.234. The maximum Gasteiger partial charge on any atom is 0.0998 e. The smallest absolute Gasteiger partial charge is 0.0998 e. The molecule has 0 atom stereocenters. The Bertz CT molecular complexity index is 2140. The molecular weight excluding hydrogens is 482 g/mol. The highest BCUT2D eigenvalue weighted by atomic mass is 14.3. The van der Waals surface area contributed by atoms with Gasteiger partial charge in [0, 0.05) is 5.39 Å². The van der Waals surface area contributed by atoms with Gasteiger partial charge < -0.3 is 0 Å². The topological polar surface area (TPSA) is 23.8 Å². The molecule has 0 N–H and O–H groups in total. The van der Waals surface area contributed by atoms with Crippen molar-refractivity contribution in [2.75, 3.05) is 0 Å². The Morgan fingerprint density at radius 3 is 1.73 bits per heavy atom. The zero-order valence-corrected chi connectivity index (χ0v) is 21.7. The minimum absolute atomic E-state index is 0.697. The van der Waals surface area contributed by atoms with Crippen LogP contribution >= 0.6 is 0 Å². The molecule has 0 radical (unpaired) electrons. The van der Waals surface area contributed by atoms with Crippen molar-refractivity contribution in [1.82, 2.24) is 0 Å². The van der Waals surface area contributed by atoms with Crippen molar-refractivity contribution < 1.29 is 0 Å². The van der Waals surface area contributed by atoms with Crippen molar-refractivity contribution >= 4 is 21.5 Å². The fourth-order valence-electron chi connectivity index (χ4n) is 6.59. The van der Waals surface area contributed by atoms with Gasteiger partial charge in [-0.15, -0.1) is 0 Å². The number of nitrogens with zero attached hydrogens (tertiary/aromatic N) is 1. The second-order valence-electron chi connectivity index (χ2n) is 10.4. The molecule has 7 aromatic carbocycles. The number of hydrogen-bond donors (Lipinski definition) is 0. The number of nitriles is 1. The minimum Gasteiger partial charge on any atom is -0.192 e. The molecule has 1 aliphatic carbocycles. The van der Waals surface area contributed by atoms with Gasteiger partial charge in [0.1, 0.15) is 0 Å². The predicted molar refractivity (Wildman–Crippen MR) is 167 cm³/mol. The molecule has 0 amide bonds. The number of hydrogen-bond acceptors (Lipinski definition) is 1. The molecule has 8 rings (SSSR count). The van der Waals surface area contributed by atoms with Crippen molar-refractivity contribution in [2.24, 2.45) is 0 Å². The Labute approximate surface area is 233 Å². The first-order valence-corrected chi connectivity index (χ1v) is 13.6. The monoisotopic (exact) mass is 505 g/mol. The number of rotatable bonds is 3. The molecule has 0 heterocycles. The molecule has 0 bridgehead atoms. The lowest BCUT2D eigenvalue weighted by Crippen LogP contribution is -1.95. The normalized spacial score (nSPS) is 11.5. The van der Waals surface area contributed by atoms with E-state index in [2.05, 4.69) is 133 Å². The summed E-state index contributed by atoms with van der Waals surface area (Å²) in [5.41, 5.74) is 13.0. The van der Waals surface area contributed by atoms with Gasteiger partial charge in [-0.2, -0.15) is 5.26 Å². The minimum atomic E-state index is 0.697. The molecule has 0 unspecified atom stereocenters. The first kappa shape index (κ1) is 22.5. The Morgan fingerprint density at radius 1 is 0.400 bits per heavy atom. The van der Waals surface area contributed by atoms with E-state index >= 15 is 0 Å². The van der Waals surface area contributed by atoms with Gasteiger partial charge in [-0.05, 0) is 83.9 Å². The second kappa shape index (κ2) is 8.80. The highest BCUT2D eigenvalue weighted by molar-refractivity contribution is 6.23. The van der Waals surface area contributed by atoms with Crippen molar-refractivity contribution in [3.8, 4) is 61.7 Å². The lowest BCUT2D eigenvalue weighted by atomic mass is 9.81. The van der Waals surface area contributed by atoms with Gasteiger partial charge in [-0.3, -0.25) is 0 Å². The van der Waals surface area contributed by atoms with Crippen molar-refractivity contribution in [2.45, 2.75) is 0 Å². The maximum atomic E-state index is 9.88. The van der Waals surface area contributed by atoms with E-state index in [4.69, 9.17) is 0 Å². The third-order valence-electron chi connectivity index (χ3n) is 8.25. The van der Waals surface area contributed by atoms with Crippen LogP contribution in [0.25, 0.3) is 77.2 Å². The third kappa shape index (κ3) is 3.20. The molecule has 184 valence electrons. The van der Waals surface area contributed by atoms with Crippen LogP contribution in [0.15, 0.2) is 140 Å². The average Bonchev–Trinajstić information content (AvgIpc) is 3.36. The molecule has 1 nitrogen and oxygen atoms in total. The molecule has 7 aromatic rings. The van der Waals surface area contributed by atoms with E-state index in [0.717, 1.165) is 16.3 Å². The summed E-state index contributed by atoms with van der Waals surface area (Å²) in [7, 11) is 0. The van der Waals surface area contributed by atoms with E-state index in [1.54, 1.807) is 0 Å². The van der Waals surface area contributed by atoms with Crippen LogP contribution in [0.2, 0.25) is 0 Å². The first-order valence-electron chi connectivity index (χ1n) is 13.6. The van der Waals surface area contributed by atoms with Gasteiger partial charge in [-0.1, -0.05) is 127 Å². The van der Waals surface area contributed by atoms with E-state index in [1.807, 2.05) is 12.1 Å². The van der Waals surface area contributed by atoms with E-state index in [1.165, 1.54) is 60.8 Å². The van der Waals surface area contributed by atoms with E-state index in [9.17, 15) is 5.26 Å². The molecule has 0 aromatic heterocycles. The van der Waals surface area contributed by atoms with E-state index in [0.29, 0.717) is 5.56 Å². The van der Waals surface area contributed by atoms with Crippen LogP contribution in [-0.2, 0) is 0 Å². The van der Waals surface area contributed by atoms with Crippen molar-refractivity contribution in [3.05, 3.63) is 145 Å². The molecule has 1 aliphatic rings. The van der Waals surface area contributed by atoms with Gasteiger partial charge in [0.2, 0.25) is 0 Å². The summed E-state index contributed by atoms with van der Waals surface area (Å²) in [5.74, 6) is 0. The Balaban J connectivity index is 1.60. The lowest BCUT2D eigenvalue weighted by Gasteiger charge is -2.21. The van der Waals surface area contributed by atoms with E-state index < -0.39 is 0 Å². The van der Waals surface area contributed by atoms with E-state index in [-0.39, 0.29) is 0 Å². The van der Waals surface area contributed by atoms with Crippen LogP contribution in [0.1, 0.15) is 5.56 Å². The van der Waals surface area contributed by atoms with Gasteiger partial charge in [0.15, 0.2) is 0 Å². The van der Waals surface area contributed by atoms with Gasteiger partial charge in [0.05, 0.1) is 11.6 Å². The average molecular weight is 506 g/mol. The predicted octanol–water partition coefficient (Wildman–Crippen LogP) is 10.5. The Hall–Kier alpha value is -5.45. The zero-order valence-electron chi connectivity index (χ0n) is 21.7. The molecular formula is C39H23N. The summed E-state index contributed by atoms with van der Waals surface area (Å²) in [6.07, 6.45) is 0. The first-order chi connectivity index (χ1) is 19.8. The molecule has 40 heavy (non-hydrogen) atoms. The van der Waals surface area contributed by atoms with Crippen LogP contribution in [0.5, 0.6) is 0 Å². The highest BCUT2D eigenvalue weighted by Crippen LogP contribution is 2.57. The molecule has 0 fully saturated rings.